The molecule has 132 valence electrons. The van der Waals surface area contributed by atoms with E-state index in [-0.39, 0.29) is 5.91 Å². The Hall–Kier alpha value is -2.97. The standard InChI is InChI=1S/C16H20N6O3/c1-16(2,3)22(15(24)25)12-7-5-9-8-10(13-18-20-21-19-13)4-6-11(9)17-14(12)23/h4,6,8,12H,5,7H2,1-3H3,(H,17,23)(H,24,25)(H,18,19,20,21)/t12-/m0/s1. The highest BCUT2D eigenvalue weighted by Crippen LogP contribution is 2.30. The number of aryl methyl sites for hydroxylation is 1. The van der Waals surface area contributed by atoms with Crippen molar-refractivity contribution in [2.24, 2.45) is 0 Å². The van der Waals surface area contributed by atoms with Gasteiger partial charge in [-0.15, -0.1) is 10.2 Å². The van der Waals surface area contributed by atoms with Crippen LogP contribution in [0.2, 0.25) is 0 Å². The van der Waals surface area contributed by atoms with E-state index in [1.807, 2.05) is 6.07 Å². The number of benzene rings is 1. The molecule has 2 heterocycles. The maximum atomic E-state index is 12.6. The van der Waals surface area contributed by atoms with Gasteiger partial charge in [-0.05, 0) is 62.6 Å². The smallest absolute Gasteiger partial charge is 0.408 e. The first-order valence-corrected chi connectivity index (χ1v) is 7.97. The average Bonchev–Trinajstić information content (AvgIpc) is 2.99. The molecule has 1 aromatic heterocycles. The maximum absolute atomic E-state index is 12.6. The summed E-state index contributed by atoms with van der Waals surface area (Å²) in [5, 5.41) is 26.3. The number of rotatable bonds is 2. The summed E-state index contributed by atoms with van der Waals surface area (Å²) >= 11 is 0. The molecule has 0 saturated heterocycles. The number of carboxylic acid groups (broad SMARTS) is 1. The van der Waals surface area contributed by atoms with Gasteiger partial charge in [-0.3, -0.25) is 9.69 Å². The number of anilines is 1. The van der Waals surface area contributed by atoms with Crippen molar-refractivity contribution in [2.45, 2.75) is 45.2 Å². The molecule has 9 nitrogen and oxygen atoms in total. The van der Waals surface area contributed by atoms with Gasteiger partial charge in [-0.1, -0.05) is 0 Å². The molecule has 1 atom stereocenters. The maximum Gasteiger partial charge on any atom is 0.408 e. The third kappa shape index (κ3) is 3.30. The zero-order chi connectivity index (χ0) is 18.2. The number of amides is 2. The summed E-state index contributed by atoms with van der Waals surface area (Å²) in [6.45, 7) is 5.34. The number of hydrogen-bond donors (Lipinski definition) is 3. The van der Waals surface area contributed by atoms with E-state index >= 15 is 0 Å². The van der Waals surface area contributed by atoms with Crippen LogP contribution >= 0.6 is 0 Å². The summed E-state index contributed by atoms with van der Waals surface area (Å²) < 4.78 is 0. The summed E-state index contributed by atoms with van der Waals surface area (Å²) in [5.74, 6) is 0.153. The largest absolute Gasteiger partial charge is 0.465 e. The van der Waals surface area contributed by atoms with Crippen molar-refractivity contribution < 1.29 is 14.7 Å². The summed E-state index contributed by atoms with van der Waals surface area (Å²) in [6.07, 6.45) is -0.145. The molecular weight excluding hydrogens is 324 g/mol. The minimum atomic E-state index is -1.11. The fourth-order valence-electron chi connectivity index (χ4n) is 3.12. The average molecular weight is 344 g/mol. The molecule has 0 unspecified atom stereocenters. The molecule has 0 saturated carbocycles. The van der Waals surface area contributed by atoms with E-state index in [1.54, 1.807) is 32.9 Å². The van der Waals surface area contributed by atoms with Crippen LogP contribution < -0.4 is 5.32 Å². The Morgan fingerprint density at radius 3 is 2.72 bits per heavy atom. The molecule has 0 spiro atoms. The van der Waals surface area contributed by atoms with Gasteiger partial charge in [-0.25, -0.2) is 4.79 Å². The number of nitrogens with zero attached hydrogens (tertiary/aromatic N) is 4. The van der Waals surface area contributed by atoms with Crippen molar-refractivity contribution in [2.75, 3.05) is 5.32 Å². The third-order valence-electron chi connectivity index (χ3n) is 4.20. The lowest BCUT2D eigenvalue weighted by Gasteiger charge is -2.38. The summed E-state index contributed by atoms with van der Waals surface area (Å²) in [7, 11) is 0. The number of tetrazole rings is 1. The minimum Gasteiger partial charge on any atom is -0.465 e. The number of hydrogen-bond acceptors (Lipinski definition) is 5. The molecule has 1 aliphatic heterocycles. The Morgan fingerprint density at radius 1 is 1.36 bits per heavy atom. The monoisotopic (exact) mass is 344 g/mol. The van der Waals surface area contributed by atoms with E-state index in [4.69, 9.17) is 0 Å². The lowest BCUT2D eigenvalue weighted by molar-refractivity contribution is -0.122. The van der Waals surface area contributed by atoms with Gasteiger partial charge in [0.15, 0.2) is 0 Å². The predicted octanol–water partition coefficient (Wildman–Crippen LogP) is 1.90. The normalized spacial score (nSPS) is 17.4. The molecule has 2 amide bonds. The molecule has 25 heavy (non-hydrogen) atoms. The Bertz CT molecular complexity index is 797. The number of nitrogens with one attached hydrogen (secondary N) is 2. The van der Waals surface area contributed by atoms with E-state index < -0.39 is 17.7 Å². The second-order valence-corrected chi connectivity index (χ2v) is 6.97. The molecule has 0 aliphatic carbocycles. The Morgan fingerprint density at radius 2 is 2.12 bits per heavy atom. The van der Waals surface area contributed by atoms with Crippen LogP contribution in [0.1, 0.15) is 32.8 Å². The molecular formula is C16H20N6O3. The first-order chi connectivity index (χ1) is 11.8. The van der Waals surface area contributed by atoms with Crippen LogP contribution in [-0.4, -0.2) is 54.2 Å². The number of fused-ring (bicyclic) bond motifs is 1. The lowest BCUT2D eigenvalue weighted by atomic mass is 9.98. The van der Waals surface area contributed by atoms with E-state index in [0.29, 0.717) is 24.4 Å². The van der Waals surface area contributed by atoms with Crippen LogP contribution in [0.3, 0.4) is 0 Å². The van der Waals surface area contributed by atoms with Crippen molar-refractivity contribution >= 4 is 17.7 Å². The van der Waals surface area contributed by atoms with Gasteiger partial charge in [0.1, 0.15) is 6.04 Å². The second kappa shape index (κ2) is 6.15. The van der Waals surface area contributed by atoms with Gasteiger partial charge in [0.25, 0.3) is 0 Å². The summed E-state index contributed by atoms with van der Waals surface area (Å²) in [4.78, 5) is 25.5. The van der Waals surface area contributed by atoms with Crippen LogP contribution in [0.15, 0.2) is 18.2 Å². The van der Waals surface area contributed by atoms with Crippen LogP contribution in [0.5, 0.6) is 0 Å². The summed E-state index contributed by atoms with van der Waals surface area (Å²) in [5.41, 5.74) is 1.70. The van der Waals surface area contributed by atoms with Crippen LogP contribution in [0.25, 0.3) is 11.4 Å². The van der Waals surface area contributed by atoms with Gasteiger partial charge in [0, 0.05) is 16.8 Å². The van der Waals surface area contributed by atoms with Gasteiger partial charge in [0.05, 0.1) is 0 Å². The third-order valence-corrected chi connectivity index (χ3v) is 4.20. The quantitative estimate of drug-likeness (QED) is 0.764. The highest BCUT2D eigenvalue weighted by atomic mass is 16.4. The van der Waals surface area contributed by atoms with Crippen molar-refractivity contribution in [3.05, 3.63) is 23.8 Å². The first-order valence-electron chi connectivity index (χ1n) is 7.97. The highest BCUT2D eigenvalue weighted by Gasteiger charge is 2.38. The van der Waals surface area contributed by atoms with E-state index in [9.17, 15) is 14.7 Å². The fraction of sp³-hybridized carbons (Fsp3) is 0.438. The number of aromatic nitrogens is 4. The number of H-pyrrole nitrogens is 1. The van der Waals surface area contributed by atoms with E-state index in [2.05, 4.69) is 25.9 Å². The van der Waals surface area contributed by atoms with Crippen molar-refractivity contribution in [1.29, 1.82) is 0 Å². The van der Waals surface area contributed by atoms with Crippen LogP contribution in [0, 0.1) is 0 Å². The zero-order valence-corrected chi connectivity index (χ0v) is 14.3. The topological polar surface area (TPSA) is 124 Å². The number of aromatic amines is 1. The molecule has 0 bridgehead atoms. The number of carbonyl (C=O) groups excluding carboxylic acids is 1. The Kier molecular flexibility index (Phi) is 4.15. The van der Waals surface area contributed by atoms with Gasteiger partial charge in [-0.2, -0.15) is 5.21 Å². The Balaban J connectivity index is 1.91. The minimum absolute atomic E-state index is 0.316. The van der Waals surface area contributed by atoms with Crippen LogP contribution in [-0.2, 0) is 11.2 Å². The fourth-order valence-corrected chi connectivity index (χ4v) is 3.12. The van der Waals surface area contributed by atoms with E-state index in [1.165, 1.54) is 4.90 Å². The van der Waals surface area contributed by atoms with Crippen molar-refractivity contribution in [3.63, 3.8) is 0 Å². The van der Waals surface area contributed by atoms with Crippen molar-refractivity contribution in [3.8, 4) is 11.4 Å². The molecule has 2 aromatic rings. The molecule has 1 aliphatic rings. The van der Waals surface area contributed by atoms with Gasteiger partial charge < -0.3 is 10.4 Å². The molecule has 0 radical (unpaired) electrons. The van der Waals surface area contributed by atoms with Crippen LogP contribution in [0.4, 0.5) is 10.5 Å². The van der Waals surface area contributed by atoms with Gasteiger partial charge >= 0.3 is 6.09 Å². The second-order valence-electron chi connectivity index (χ2n) is 6.97. The zero-order valence-electron chi connectivity index (χ0n) is 14.3. The first kappa shape index (κ1) is 16.9. The van der Waals surface area contributed by atoms with Gasteiger partial charge in [0.2, 0.25) is 11.7 Å². The number of carbonyl (C=O) groups is 2. The molecule has 0 fully saturated rings. The molecule has 3 rings (SSSR count). The van der Waals surface area contributed by atoms with E-state index in [0.717, 1.165) is 11.1 Å². The molecule has 9 heteroatoms. The Labute approximate surface area is 144 Å². The lowest BCUT2D eigenvalue weighted by Crippen LogP contribution is -2.55. The SMILES string of the molecule is CC(C)(C)N(C(=O)O)[C@H]1CCc2cc(-c3nn[nH]n3)ccc2NC1=O. The van der Waals surface area contributed by atoms with Crippen molar-refractivity contribution in [1.82, 2.24) is 25.5 Å². The molecule has 1 aromatic carbocycles. The molecule has 3 N–H and O–H groups in total. The summed E-state index contributed by atoms with van der Waals surface area (Å²) in [6, 6.07) is 4.72. The predicted molar refractivity (Wildman–Crippen MR) is 90.0 cm³/mol. The highest BCUT2D eigenvalue weighted by molar-refractivity contribution is 5.98.